The van der Waals surface area contributed by atoms with Crippen LogP contribution in [0.4, 0.5) is 0 Å². The van der Waals surface area contributed by atoms with Gasteiger partial charge < -0.3 is 15.0 Å². The van der Waals surface area contributed by atoms with Gasteiger partial charge in [-0.05, 0) is 37.0 Å². The molecule has 2 rings (SSSR count). The van der Waals surface area contributed by atoms with E-state index >= 15 is 0 Å². The van der Waals surface area contributed by atoms with Crippen LogP contribution < -0.4 is 5.32 Å². The number of ether oxygens (including phenoxy) is 1. The Labute approximate surface area is 148 Å². The fourth-order valence-electron chi connectivity index (χ4n) is 2.51. The maximum absolute atomic E-state index is 12.0. The smallest absolute Gasteiger partial charge is 0.338 e. The van der Waals surface area contributed by atoms with E-state index in [2.05, 4.69) is 5.32 Å². The van der Waals surface area contributed by atoms with Crippen LogP contribution in [0.5, 0.6) is 0 Å². The number of nitrogens with zero attached hydrogens (tertiary/aromatic N) is 1. The van der Waals surface area contributed by atoms with Crippen molar-refractivity contribution < 1.29 is 19.1 Å². The molecule has 1 N–H and O–H groups in total. The monoisotopic (exact) mass is 346 g/mol. The minimum Gasteiger partial charge on any atom is -0.452 e. The minimum atomic E-state index is -0.531. The number of rotatable bonds is 7. The highest BCUT2D eigenvalue weighted by Crippen LogP contribution is 2.15. The van der Waals surface area contributed by atoms with E-state index in [1.54, 1.807) is 12.1 Å². The topological polar surface area (TPSA) is 75.7 Å². The van der Waals surface area contributed by atoms with Crippen LogP contribution in [-0.4, -0.2) is 41.9 Å². The highest BCUT2D eigenvalue weighted by Gasteiger charge is 2.20. The number of esters is 1. The predicted molar refractivity (Wildman–Crippen MR) is 93.8 cm³/mol. The van der Waals surface area contributed by atoms with Gasteiger partial charge in [0.15, 0.2) is 6.61 Å². The van der Waals surface area contributed by atoms with Crippen LogP contribution in [0.25, 0.3) is 0 Å². The highest BCUT2D eigenvalue weighted by atomic mass is 16.5. The van der Waals surface area contributed by atoms with Gasteiger partial charge in [0, 0.05) is 25.6 Å². The van der Waals surface area contributed by atoms with Gasteiger partial charge in [-0.3, -0.25) is 9.59 Å². The summed E-state index contributed by atoms with van der Waals surface area (Å²) in [6.07, 6.45) is 1.52. The third-order valence-corrected chi connectivity index (χ3v) is 4.46. The molecule has 25 heavy (non-hydrogen) atoms. The minimum absolute atomic E-state index is 0.0267. The quantitative estimate of drug-likeness (QED) is 0.768. The van der Waals surface area contributed by atoms with Crippen LogP contribution in [0.1, 0.15) is 49.5 Å². The maximum Gasteiger partial charge on any atom is 0.338 e. The van der Waals surface area contributed by atoms with E-state index in [1.807, 2.05) is 37.8 Å². The molecular weight excluding hydrogens is 320 g/mol. The number of nitrogens with one attached hydrogen (secondary N) is 1. The van der Waals surface area contributed by atoms with Crippen molar-refractivity contribution in [2.45, 2.75) is 46.2 Å². The van der Waals surface area contributed by atoms with Gasteiger partial charge >= 0.3 is 5.97 Å². The molecule has 2 amide bonds. The SMILES string of the molecule is CC(C)[C@@H](C)NC(=O)COC(=O)c1ccc(CN2CCCC2=O)cc1. The molecule has 0 aliphatic carbocycles. The summed E-state index contributed by atoms with van der Waals surface area (Å²) in [7, 11) is 0. The van der Waals surface area contributed by atoms with E-state index in [0.717, 1.165) is 18.5 Å². The van der Waals surface area contributed by atoms with Crippen molar-refractivity contribution in [3.63, 3.8) is 0 Å². The summed E-state index contributed by atoms with van der Waals surface area (Å²) in [6, 6.07) is 6.96. The molecule has 1 atom stereocenters. The largest absolute Gasteiger partial charge is 0.452 e. The molecule has 0 unspecified atom stereocenters. The molecule has 0 saturated carbocycles. The third kappa shape index (κ3) is 5.59. The van der Waals surface area contributed by atoms with Gasteiger partial charge in [0.2, 0.25) is 5.91 Å². The lowest BCUT2D eigenvalue weighted by Gasteiger charge is -2.17. The molecule has 1 aliphatic rings. The molecule has 0 spiro atoms. The van der Waals surface area contributed by atoms with Crippen LogP contribution in [0, 0.1) is 5.92 Å². The lowest BCUT2D eigenvalue weighted by atomic mass is 10.1. The van der Waals surface area contributed by atoms with Crippen LogP contribution in [0.15, 0.2) is 24.3 Å². The standard InChI is InChI=1S/C19H26N2O4/c1-13(2)14(3)20-17(22)12-25-19(24)16-8-6-15(7-9-16)11-21-10-4-5-18(21)23/h6-9,13-14H,4-5,10-12H2,1-3H3,(H,20,22)/t14-/m1/s1. The molecule has 0 radical (unpaired) electrons. The number of benzene rings is 1. The first-order valence-corrected chi connectivity index (χ1v) is 8.70. The zero-order valence-electron chi connectivity index (χ0n) is 15.1. The zero-order chi connectivity index (χ0) is 18.4. The summed E-state index contributed by atoms with van der Waals surface area (Å²) in [4.78, 5) is 37.2. The first-order valence-electron chi connectivity index (χ1n) is 8.70. The van der Waals surface area contributed by atoms with E-state index in [4.69, 9.17) is 4.74 Å². The Morgan fingerprint density at radius 3 is 2.44 bits per heavy atom. The molecule has 6 heteroatoms. The maximum atomic E-state index is 12.0. The van der Waals surface area contributed by atoms with Crippen molar-refractivity contribution >= 4 is 17.8 Å². The fraction of sp³-hybridized carbons (Fsp3) is 0.526. The molecule has 1 aliphatic heterocycles. The lowest BCUT2D eigenvalue weighted by molar-refractivity contribution is -0.128. The van der Waals surface area contributed by atoms with Crippen molar-refractivity contribution in [2.75, 3.05) is 13.2 Å². The van der Waals surface area contributed by atoms with Gasteiger partial charge in [-0.1, -0.05) is 26.0 Å². The molecule has 1 aromatic rings. The van der Waals surface area contributed by atoms with E-state index in [0.29, 0.717) is 24.4 Å². The molecule has 136 valence electrons. The Hall–Kier alpha value is -2.37. The number of carbonyl (C=O) groups excluding carboxylic acids is 3. The van der Waals surface area contributed by atoms with Gasteiger partial charge in [-0.2, -0.15) is 0 Å². The van der Waals surface area contributed by atoms with E-state index in [1.165, 1.54) is 0 Å². The van der Waals surface area contributed by atoms with Crippen LogP contribution in [0.3, 0.4) is 0 Å². The Bertz CT molecular complexity index is 625. The zero-order valence-corrected chi connectivity index (χ0v) is 15.1. The summed E-state index contributed by atoms with van der Waals surface area (Å²) < 4.78 is 5.05. The van der Waals surface area contributed by atoms with Crippen molar-refractivity contribution in [1.82, 2.24) is 10.2 Å². The van der Waals surface area contributed by atoms with Crippen LogP contribution >= 0.6 is 0 Å². The summed E-state index contributed by atoms with van der Waals surface area (Å²) in [6.45, 7) is 6.98. The normalized spacial score (nSPS) is 15.4. The van der Waals surface area contributed by atoms with Gasteiger partial charge in [-0.15, -0.1) is 0 Å². The van der Waals surface area contributed by atoms with Gasteiger partial charge in [-0.25, -0.2) is 4.79 Å². The number of amides is 2. The molecular formula is C19H26N2O4. The third-order valence-electron chi connectivity index (χ3n) is 4.46. The second kappa shape index (κ2) is 8.65. The second-order valence-corrected chi connectivity index (χ2v) is 6.79. The van der Waals surface area contributed by atoms with Crippen LogP contribution in [0.2, 0.25) is 0 Å². The number of likely N-dealkylation sites (tertiary alicyclic amines) is 1. The van der Waals surface area contributed by atoms with E-state index in [-0.39, 0.29) is 24.5 Å². The molecule has 0 bridgehead atoms. The summed E-state index contributed by atoms with van der Waals surface area (Å²) in [5.41, 5.74) is 1.36. The van der Waals surface area contributed by atoms with Gasteiger partial charge in [0.1, 0.15) is 0 Å². The predicted octanol–water partition coefficient (Wildman–Crippen LogP) is 2.13. The first-order chi connectivity index (χ1) is 11.9. The average Bonchev–Trinajstić information content (AvgIpc) is 2.98. The molecule has 0 aromatic heterocycles. The van der Waals surface area contributed by atoms with Crippen LogP contribution in [-0.2, 0) is 20.9 Å². The Kier molecular flexibility index (Phi) is 6.56. The number of hydrogen-bond acceptors (Lipinski definition) is 4. The average molecular weight is 346 g/mol. The Balaban J connectivity index is 1.81. The highest BCUT2D eigenvalue weighted by molar-refractivity contribution is 5.91. The fourth-order valence-corrected chi connectivity index (χ4v) is 2.51. The van der Waals surface area contributed by atoms with Crippen molar-refractivity contribution in [1.29, 1.82) is 0 Å². The van der Waals surface area contributed by atoms with E-state index < -0.39 is 5.97 Å². The van der Waals surface area contributed by atoms with Crippen molar-refractivity contribution in [3.8, 4) is 0 Å². The van der Waals surface area contributed by atoms with Crippen molar-refractivity contribution in [3.05, 3.63) is 35.4 Å². The summed E-state index contributed by atoms with van der Waals surface area (Å²) >= 11 is 0. The first kappa shape index (κ1) is 19.0. The number of hydrogen-bond donors (Lipinski definition) is 1. The van der Waals surface area contributed by atoms with E-state index in [9.17, 15) is 14.4 Å². The summed E-state index contributed by atoms with van der Waals surface area (Å²) in [5, 5.41) is 2.79. The lowest BCUT2D eigenvalue weighted by Crippen LogP contribution is -2.38. The molecule has 1 heterocycles. The van der Waals surface area contributed by atoms with Crippen molar-refractivity contribution in [2.24, 2.45) is 5.92 Å². The molecule has 1 aromatic carbocycles. The molecule has 6 nitrogen and oxygen atoms in total. The molecule has 1 fully saturated rings. The Morgan fingerprint density at radius 1 is 1.20 bits per heavy atom. The summed E-state index contributed by atoms with van der Waals surface area (Å²) in [5.74, 6) is -0.352. The Morgan fingerprint density at radius 2 is 1.88 bits per heavy atom. The number of carbonyl (C=O) groups is 3. The second-order valence-electron chi connectivity index (χ2n) is 6.79. The van der Waals surface area contributed by atoms with Gasteiger partial charge in [0.25, 0.3) is 5.91 Å². The molecule has 1 saturated heterocycles. The van der Waals surface area contributed by atoms with Gasteiger partial charge in [0.05, 0.1) is 5.56 Å².